The summed E-state index contributed by atoms with van der Waals surface area (Å²) in [5, 5.41) is 15.7. The predicted octanol–water partition coefficient (Wildman–Crippen LogP) is 1.86. The highest BCUT2D eigenvalue weighted by atomic mass is 16.4. The van der Waals surface area contributed by atoms with Crippen molar-refractivity contribution in [2.75, 3.05) is 18.4 Å². The highest BCUT2D eigenvalue weighted by Gasteiger charge is 2.14. The first-order valence-corrected chi connectivity index (χ1v) is 5.98. The third-order valence-electron chi connectivity index (χ3n) is 3.18. The first kappa shape index (κ1) is 11.9. The van der Waals surface area contributed by atoms with E-state index in [2.05, 4.69) is 10.6 Å². The molecule has 1 aromatic carbocycles. The van der Waals surface area contributed by atoms with Crippen LogP contribution in [0.2, 0.25) is 0 Å². The molecule has 0 radical (unpaired) electrons. The SMILES string of the molecule is Cc1ccc(C(=O)O)cc1NC1CCNCC1. The van der Waals surface area contributed by atoms with Crippen LogP contribution in [0.15, 0.2) is 18.2 Å². The number of nitrogens with one attached hydrogen (secondary N) is 2. The van der Waals surface area contributed by atoms with Crippen molar-refractivity contribution in [1.82, 2.24) is 5.32 Å². The van der Waals surface area contributed by atoms with E-state index in [4.69, 9.17) is 5.11 Å². The van der Waals surface area contributed by atoms with Crippen molar-refractivity contribution in [3.8, 4) is 0 Å². The summed E-state index contributed by atoms with van der Waals surface area (Å²) in [4.78, 5) is 10.9. The zero-order chi connectivity index (χ0) is 12.3. The molecule has 0 bridgehead atoms. The van der Waals surface area contributed by atoms with E-state index < -0.39 is 5.97 Å². The number of carboxylic acids is 1. The van der Waals surface area contributed by atoms with E-state index in [9.17, 15) is 4.79 Å². The van der Waals surface area contributed by atoms with Crippen molar-refractivity contribution in [2.45, 2.75) is 25.8 Å². The lowest BCUT2D eigenvalue weighted by Gasteiger charge is -2.25. The number of aryl methyl sites for hydroxylation is 1. The lowest BCUT2D eigenvalue weighted by molar-refractivity contribution is 0.0697. The number of carbonyl (C=O) groups is 1. The Balaban J connectivity index is 2.13. The zero-order valence-corrected chi connectivity index (χ0v) is 9.99. The van der Waals surface area contributed by atoms with Gasteiger partial charge in [0.15, 0.2) is 0 Å². The summed E-state index contributed by atoms with van der Waals surface area (Å²) < 4.78 is 0. The normalized spacial score (nSPS) is 16.8. The number of carboxylic acid groups (broad SMARTS) is 1. The van der Waals surface area contributed by atoms with Gasteiger partial charge >= 0.3 is 5.97 Å². The molecule has 4 nitrogen and oxygen atoms in total. The van der Waals surface area contributed by atoms with Gasteiger partial charge in [-0.3, -0.25) is 0 Å². The molecule has 1 aliphatic rings. The number of rotatable bonds is 3. The van der Waals surface area contributed by atoms with Gasteiger partial charge in [0.2, 0.25) is 0 Å². The van der Waals surface area contributed by atoms with Crippen molar-refractivity contribution in [2.24, 2.45) is 0 Å². The lowest BCUT2D eigenvalue weighted by Crippen LogP contribution is -2.35. The van der Waals surface area contributed by atoms with Crippen LogP contribution in [0.1, 0.15) is 28.8 Å². The van der Waals surface area contributed by atoms with Gasteiger partial charge in [-0.25, -0.2) is 4.79 Å². The fraction of sp³-hybridized carbons (Fsp3) is 0.462. The van der Waals surface area contributed by atoms with Crippen LogP contribution in [0, 0.1) is 6.92 Å². The molecule has 0 unspecified atom stereocenters. The fourth-order valence-corrected chi connectivity index (χ4v) is 2.10. The van der Waals surface area contributed by atoms with E-state index in [-0.39, 0.29) is 0 Å². The Bertz CT molecular complexity index is 412. The molecule has 0 saturated carbocycles. The quantitative estimate of drug-likeness (QED) is 0.747. The molecule has 0 aliphatic carbocycles. The highest BCUT2D eigenvalue weighted by Crippen LogP contribution is 2.20. The second-order valence-electron chi connectivity index (χ2n) is 4.50. The summed E-state index contributed by atoms with van der Waals surface area (Å²) in [6.07, 6.45) is 2.16. The highest BCUT2D eigenvalue weighted by molar-refractivity contribution is 5.89. The van der Waals surface area contributed by atoms with Crippen LogP contribution in [-0.4, -0.2) is 30.2 Å². The standard InChI is InChI=1S/C13H18N2O2/c1-9-2-3-10(13(16)17)8-12(9)15-11-4-6-14-7-5-11/h2-3,8,11,14-15H,4-7H2,1H3,(H,16,17). The van der Waals surface area contributed by atoms with Crippen LogP contribution in [0.5, 0.6) is 0 Å². The van der Waals surface area contributed by atoms with E-state index in [0.29, 0.717) is 11.6 Å². The molecule has 0 atom stereocenters. The summed E-state index contributed by atoms with van der Waals surface area (Å²) in [5.41, 5.74) is 2.37. The number of anilines is 1. The monoisotopic (exact) mass is 234 g/mol. The van der Waals surface area contributed by atoms with Crippen LogP contribution in [-0.2, 0) is 0 Å². The van der Waals surface area contributed by atoms with Crippen molar-refractivity contribution < 1.29 is 9.90 Å². The fourth-order valence-electron chi connectivity index (χ4n) is 2.10. The number of benzene rings is 1. The average Bonchev–Trinajstić information content (AvgIpc) is 2.33. The molecule has 4 heteroatoms. The van der Waals surface area contributed by atoms with Gasteiger partial charge in [0.05, 0.1) is 5.56 Å². The van der Waals surface area contributed by atoms with Gasteiger partial charge in [0.1, 0.15) is 0 Å². The Labute approximate surface area is 101 Å². The molecule has 2 rings (SSSR count). The molecule has 0 aromatic heterocycles. The van der Waals surface area contributed by atoms with Crippen molar-refractivity contribution in [1.29, 1.82) is 0 Å². The maximum Gasteiger partial charge on any atom is 0.335 e. The minimum absolute atomic E-state index is 0.340. The molecule has 0 amide bonds. The third kappa shape index (κ3) is 2.97. The van der Waals surface area contributed by atoms with Crippen molar-refractivity contribution in [3.05, 3.63) is 29.3 Å². The van der Waals surface area contributed by atoms with Crippen LogP contribution in [0.25, 0.3) is 0 Å². The molecule has 1 heterocycles. The summed E-state index contributed by atoms with van der Waals surface area (Å²) in [5.74, 6) is -0.877. The third-order valence-corrected chi connectivity index (χ3v) is 3.18. The van der Waals surface area contributed by atoms with Gasteiger partial charge < -0.3 is 15.7 Å². The number of piperidine rings is 1. The van der Waals surface area contributed by atoms with E-state index in [1.54, 1.807) is 12.1 Å². The molecule has 0 spiro atoms. The van der Waals surface area contributed by atoms with Crippen molar-refractivity contribution in [3.63, 3.8) is 0 Å². The number of aromatic carboxylic acids is 1. The van der Waals surface area contributed by atoms with Gasteiger partial charge in [-0.2, -0.15) is 0 Å². The summed E-state index contributed by atoms with van der Waals surface area (Å²) in [7, 11) is 0. The van der Waals surface area contributed by atoms with Crippen LogP contribution < -0.4 is 10.6 Å². The van der Waals surface area contributed by atoms with E-state index in [1.165, 1.54) is 0 Å². The Morgan fingerprint density at radius 1 is 1.41 bits per heavy atom. The number of hydrogen-bond acceptors (Lipinski definition) is 3. The Kier molecular flexibility index (Phi) is 3.64. The predicted molar refractivity (Wildman–Crippen MR) is 67.7 cm³/mol. The Morgan fingerprint density at radius 3 is 2.76 bits per heavy atom. The molecule has 3 N–H and O–H groups in total. The number of hydrogen-bond donors (Lipinski definition) is 3. The van der Waals surface area contributed by atoms with Gasteiger partial charge in [0, 0.05) is 11.7 Å². The molecular weight excluding hydrogens is 216 g/mol. The lowest BCUT2D eigenvalue weighted by atomic mass is 10.0. The van der Waals surface area contributed by atoms with E-state index >= 15 is 0 Å². The molecule has 1 aliphatic heterocycles. The maximum atomic E-state index is 10.9. The molecule has 17 heavy (non-hydrogen) atoms. The largest absolute Gasteiger partial charge is 0.478 e. The van der Waals surface area contributed by atoms with E-state index in [0.717, 1.165) is 37.2 Å². The summed E-state index contributed by atoms with van der Waals surface area (Å²) in [6.45, 7) is 4.04. The van der Waals surface area contributed by atoms with Gasteiger partial charge in [0.25, 0.3) is 0 Å². The molecule has 1 fully saturated rings. The molecule has 92 valence electrons. The van der Waals surface area contributed by atoms with Gasteiger partial charge in [-0.15, -0.1) is 0 Å². The molecule has 1 aromatic rings. The minimum atomic E-state index is -0.877. The van der Waals surface area contributed by atoms with Gasteiger partial charge in [-0.05, 0) is 50.6 Å². The maximum absolute atomic E-state index is 10.9. The second-order valence-corrected chi connectivity index (χ2v) is 4.50. The van der Waals surface area contributed by atoms with E-state index in [1.807, 2.05) is 13.0 Å². The second kappa shape index (κ2) is 5.19. The van der Waals surface area contributed by atoms with Crippen LogP contribution in [0.3, 0.4) is 0 Å². The summed E-state index contributed by atoms with van der Waals surface area (Å²) in [6, 6.07) is 5.66. The van der Waals surface area contributed by atoms with Crippen LogP contribution in [0.4, 0.5) is 5.69 Å². The first-order valence-electron chi connectivity index (χ1n) is 5.98. The molecule has 1 saturated heterocycles. The average molecular weight is 234 g/mol. The topological polar surface area (TPSA) is 61.4 Å². The molecular formula is C13H18N2O2. The summed E-state index contributed by atoms with van der Waals surface area (Å²) >= 11 is 0. The smallest absolute Gasteiger partial charge is 0.335 e. The minimum Gasteiger partial charge on any atom is -0.478 e. The Morgan fingerprint density at radius 2 is 2.12 bits per heavy atom. The van der Waals surface area contributed by atoms with Gasteiger partial charge in [-0.1, -0.05) is 6.07 Å². The first-order chi connectivity index (χ1) is 8.16. The van der Waals surface area contributed by atoms with Crippen molar-refractivity contribution >= 4 is 11.7 Å². The Hall–Kier alpha value is -1.55. The zero-order valence-electron chi connectivity index (χ0n) is 9.99. The van der Waals surface area contributed by atoms with Crippen LogP contribution >= 0.6 is 0 Å².